The van der Waals surface area contributed by atoms with Crippen molar-refractivity contribution < 1.29 is 14.3 Å². The van der Waals surface area contributed by atoms with Crippen LogP contribution in [-0.2, 0) is 9.53 Å². The minimum absolute atomic E-state index is 0. The lowest BCUT2D eigenvalue weighted by Gasteiger charge is -2.13. The zero-order chi connectivity index (χ0) is 20.9. The number of benzene rings is 1. The second kappa shape index (κ2) is 14.6. The summed E-state index contributed by atoms with van der Waals surface area (Å²) in [5.41, 5.74) is 1.89. The lowest BCUT2D eigenvalue weighted by atomic mass is 10.3. The van der Waals surface area contributed by atoms with Gasteiger partial charge in [-0.05, 0) is 30.7 Å². The van der Waals surface area contributed by atoms with Gasteiger partial charge in [-0.15, -0.1) is 24.0 Å². The summed E-state index contributed by atoms with van der Waals surface area (Å²) in [6.45, 7) is 3.65. The van der Waals surface area contributed by atoms with E-state index in [4.69, 9.17) is 9.47 Å². The minimum Gasteiger partial charge on any atom is -0.493 e. The third kappa shape index (κ3) is 9.88. The molecule has 1 aromatic heterocycles. The molecule has 164 valence electrons. The van der Waals surface area contributed by atoms with Crippen molar-refractivity contribution in [1.82, 2.24) is 10.3 Å². The third-order valence-corrected chi connectivity index (χ3v) is 3.91. The van der Waals surface area contributed by atoms with Crippen molar-refractivity contribution >= 4 is 47.3 Å². The summed E-state index contributed by atoms with van der Waals surface area (Å²) in [4.78, 5) is 20.4. The number of hydrogen-bond acceptors (Lipinski definition) is 5. The zero-order valence-electron chi connectivity index (χ0n) is 17.6. The molecule has 0 fully saturated rings. The molecule has 2 aromatic rings. The Kier molecular flexibility index (Phi) is 12.4. The van der Waals surface area contributed by atoms with Crippen LogP contribution in [0.2, 0.25) is 0 Å². The maximum Gasteiger partial charge on any atom is 0.227 e. The number of ether oxygens (including phenoxy) is 2. The summed E-state index contributed by atoms with van der Waals surface area (Å²) in [7, 11) is 3.35. The second-order valence-electron chi connectivity index (χ2n) is 6.37. The molecular formula is C21H30IN5O3. The Morgan fingerprint density at radius 1 is 1.17 bits per heavy atom. The van der Waals surface area contributed by atoms with Crippen LogP contribution in [0.25, 0.3) is 0 Å². The summed E-state index contributed by atoms with van der Waals surface area (Å²) in [6, 6.07) is 11.3. The number of carbonyl (C=O) groups excluding carboxylic acids is 1. The molecule has 0 radical (unpaired) electrons. The quantitative estimate of drug-likeness (QED) is 0.190. The van der Waals surface area contributed by atoms with Crippen LogP contribution in [0, 0.1) is 6.92 Å². The molecule has 1 heterocycles. The summed E-state index contributed by atoms with van der Waals surface area (Å²) in [6.07, 6.45) is 2.84. The normalized spacial score (nSPS) is 10.7. The van der Waals surface area contributed by atoms with Gasteiger partial charge in [0.1, 0.15) is 11.6 Å². The van der Waals surface area contributed by atoms with Gasteiger partial charge in [-0.25, -0.2) is 4.98 Å². The summed E-state index contributed by atoms with van der Waals surface area (Å²) in [5, 5.41) is 9.08. The van der Waals surface area contributed by atoms with Crippen LogP contribution in [0.4, 0.5) is 11.5 Å². The number of nitrogens with zero attached hydrogens (tertiary/aromatic N) is 2. The van der Waals surface area contributed by atoms with Crippen LogP contribution in [-0.4, -0.2) is 50.8 Å². The van der Waals surface area contributed by atoms with Crippen LogP contribution in [0.15, 0.2) is 47.6 Å². The monoisotopic (exact) mass is 527 g/mol. The van der Waals surface area contributed by atoms with E-state index in [2.05, 4.69) is 25.9 Å². The van der Waals surface area contributed by atoms with Crippen molar-refractivity contribution in [3.63, 3.8) is 0 Å². The van der Waals surface area contributed by atoms with Crippen molar-refractivity contribution in [1.29, 1.82) is 0 Å². The lowest BCUT2D eigenvalue weighted by Crippen LogP contribution is -2.33. The largest absolute Gasteiger partial charge is 0.493 e. The first kappa shape index (κ1) is 25.6. The molecule has 9 heteroatoms. The van der Waals surface area contributed by atoms with Crippen LogP contribution >= 0.6 is 24.0 Å². The van der Waals surface area contributed by atoms with Gasteiger partial charge in [0.05, 0.1) is 6.61 Å². The highest BCUT2D eigenvalue weighted by Gasteiger charge is 2.05. The summed E-state index contributed by atoms with van der Waals surface area (Å²) in [5.74, 6) is 1.77. The fourth-order valence-corrected chi connectivity index (χ4v) is 2.41. The first-order valence-corrected chi connectivity index (χ1v) is 9.52. The number of anilines is 2. The number of hydrogen-bond donors (Lipinski definition) is 3. The first-order chi connectivity index (χ1) is 14.1. The summed E-state index contributed by atoms with van der Waals surface area (Å²) >= 11 is 0. The maximum absolute atomic E-state index is 12.0. The van der Waals surface area contributed by atoms with Crippen molar-refractivity contribution in [3.05, 3.63) is 48.2 Å². The van der Waals surface area contributed by atoms with Gasteiger partial charge in [-0.2, -0.15) is 0 Å². The Hall–Kier alpha value is -2.40. The Balaban J connectivity index is 0.00000450. The van der Waals surface area contributed by atoms with E-state index in [0.717, 1.165) is 23.4 Å². The molecular weight excluding hydrogens is 497 g/mol. The number of aryl methyl sites for hydroxylation is 1. The molecule has 0 saturated carbocycles. The highest BCUT2D eigenvalue weighted by molar-refractivity contribution is 14.0. The molecule has 0 bridgehead atoms. The van der Waals surface area contributed by atoms with Crippen LogP contribution in [0.3, 0.4) is 0 Å². The number of nitrogens with one attached hydrogen (secondary N) is 3. The molecule has 0 atom stereocenters. The number of amides is 1. The van der Waals surface area contributed by atoms with Gasteiger partial charge in [-0.1, -0.05) is 12.1 Å². The summed E-state index contributed by atoms with van der Waals surface area (Å²) < 4.78 is 10.7. The van der Waals surface area contributed by atoms with E-state index in [1.807, 2.05) is 37.3 Å². The number of pyridine rings is 1. The topological polar surface area (TPSA) is 96.9 Å². The van der Waals surface area contributed by atoms with Gasteiger partial charge in [0.25, 0.3) is 0 Å². The van der Waals surface area contributed by atoms with E-state index >= 15 is 0 Å². The fourth-order valence-electron chi connectivity index (χ4n) is 2.41. The second-order valence-corrected chi connectivity index (χ2v) is 6.37. The van der Waals surface area contributed by atoms with Crippen LogP contribution in [0.5, 0.6) is 5.75 Å². The highest BCUT2D eigenvalue weighted by atomic mass is 127. The molecule has 0 aliphatic rings. The molecule has 1 amide bonds. The standard InChI is InChI=1S/C21H29N5O3.HI/c1-16-8-9-19(24-15-16)26-20(27)10-11-23-21(22-2)25-17-6-4-7-18(14-17)29-13-5-12-28-3;/h4,6-9,14-15H,5,10-13H2,1-3H3,(H2,22,23,25)(H,24,26,27);1H. The third-order valence-electron chi connectivity index (χ3n) is 3.91. The average molecular weight is 527 g/mol. The van der Waals surface area contributed by atoms with E-state index in [0.29, 0.717) is 38.0 Å². The van der Waals surface area contributed by atoms with Crippen LogP contribution in [0.1, 0.15) is 18.4 Å². The number of guanidine groups is 1. The molecule has 0 aliphatic carbocycles. The average Bonchev–Trinajstić information content (AvgIpc) is 2.72. The van der Waals surface area contributed by atoms with E-state index in [1.54, 1.807) is 26.4 Å². The van der Waals surface area contributed by atoms with Crippen LogP contribution < -0.4 is 20.7 Å². The maximum atomic E-state index is 12.0. The van der Waals surface area contributed by atoms with Gasteiger partial charge in [0.2, 0.25) is 5.91 Å². The number of aliphatic imine (C=N–C) groups is 1. The number of rotatable bonds is 10. The molecule has 0 unspecified atom stereocenters. The zero-order valence-corrected chi connectivity index (χ0v) is 19.9. The molecule has 0 saturated heterocycles. The van der Waals surface area contributed by atoms with Gasteiger partial charge in [0, 0.05) is 58.1 Å². The van der Waals surface area contributed by atoms with E-state index in [-0.39, 0.29) is 29.9 Å². The minimum atomic E-state index is -0.115. The van der Waals surface area contributed by atoms with E-state index < -0.39 is 0 Å². The van der Waals surface area contributed by atoms with Gasteiger partial charge >= 0.3 is 0 Å². The van der Waals surface area contributed by atoms with Crippen molar-refractivity contribution in [2.45, 2.75) is 19.8 Å². The van der Waals surface area contributed by atoms with Crippen molar-refractivity contribution in [3.8, 4) is 5.75 Å². The van der Waals surface area contributed by atoms with Gasteiger partial charge in [-0.3, -0.25) is 9.79 Å². The Bertz CT molecular complexity index is 799. The molecule has 2 rings (SSSR count). The number of carbonyl (C=O) groups is 1. The molecule has 30 heavy (non-hydrogen) atoms. The molecule has 1 aromatic carbocycles. The predicted octanol–water partition coefficient (Wildman–Crippen LogP) is 3.44. The van der Waals surface area contributed by atoms with Gasteiger partial charge in [0.15, 0.2) is 5.96 Å². The molecule has 8 nitrogen and oxygen atoms in total. The van der Waals surface area contributed by atoms with Crippen molar-refractivity contribution in [2.75, 3.05) is 44.5 Å². The highest BCUT2D eigenvalue weighted by Crippen LogP contribution is 2.17. The number of methoxy groups -OCH3 is 1. The Morgan fingerprint density at radius 3 is 2.70 bits per heavy atom. The van der Waals surface area contributed by atoms with Gasteiger partial charge < -0.3 is 25.4 Å². The molecule has 0 aliphatic heterocycles. The van der Waals surface area contributed by atoms with E-state index in [9.17, 15) is 4.79 Å². The lowest BCUT2D eigenvalue weighted by molar-refractivity contribution is -0.116. The molecule has 3 N–H and O–H groups in total. The van der Waals surface area contributed by atoms with Crippen molar-refractivity contribution in [2.24, 2.45) is 4.99 Å². The Labute approximate surface area is 194 Å². The number of halogens is 1. The number of aromatic nitrogens is 1. The smallest absolute Gasteiger partial charge is 0.227 e. The predicted molar refractivity (Wildman–Crippen MR) is 131 cm³/mol. The fraction of sp³-hybridized carbons (Fsp3) is 0.381. The first-order valence-electron chi connectivity index (χ1n) is 9.52. The molecule has 0 spiro atoms. The van der Waals surface area contributed by atoms with E-state index in [1.165, 1.54) is 0 Å². The Morgan fingerprint density at radius 2 is 2.00 bits per heavy atom. The SMILES string of the molecule is CN=C(NCCC(=O)Nc1ccc(C)cn1)Nc1cccc(OCCCOC)c1.I.